The van der Waals surface area contributed by atoms with Crippen LogP contribution in [0.3, 0.4) is 0 Å². The van der Waals surface area contributed by atoms with Gasteiger partial charge in [0.2, 0.25) is 0 Å². The van der Waals surface area contributed by atoms with Gasteiger partial charge in [0, 0.05) is 4.88 Å². The average Bonchev–Trinajstić information content (AvgIpc) is 2.90. The highest BCUT2D eigenvalue weighted by Crippen LogP contribution is 2.29. The predicted molar refractivity (Wildman–Crippen MR) is 93.8 cm³/mol. The maximum Gasteiger partial charge on any atom is 0.348 e. The van der Waals surface area contributed by atoms with Crippen molar-refractivity contribution in [3.8, 4) is 0 Å². The minimum absolute atomic E-state index is 0.246. The highest BCUT2D eigenvalue weighted by Gasteiger charge is 2.15. The third-order valence-corrected chi connectivity index (χ3v) is 5.28. The van der Waals surface area contributed by atoms with Crippen molar-refractivity contribution >= 4 is 52.1 Å². The number of hydrogen-bond acceptors (Lipinski definition) is 4. The van der Waals surface area contributed by atoms with Crippen molar-refractivity contribution in [2.24, 2.45) is 0 Å². The molecule has 23 heavy (non-hydrogen) atoms. The zero-order valence-electron chi connectivity index (χ0n) is 12.6. The quantitative estimate of drug-likeness (QED) is 0.773. The largest absolute Gasteiger partial charge is 0.451 e. The fourth-order valence-electron chi connectivity index (χ4n) is 1.96. The van der Waals surface area contributed by atoms with Crippen LogP contribution in [0.15, 0.2) is 24.3 Å². The summed E-state index contributed by atoms with van der Waals surface area (Å²) in [6, 6.07) is 6.67. The van der Waals surface area contributed by atoms with E-state index < -0.39 is 11.9 Å². The zero-order valence-corrected chi connectivity index (χ0v) is 14.9. The van der Waals surface area contributed by atoms with E-state index in [2.05, 4.69) is 5.32 Å². The number of anilines is 1. The van der Waals surface area contributed by atoms with E-state index in [4.69, 9.17) is 27.9 Å². The first kappa shape index (κ1) is 17.8. The lowest BCUT2D eigenvalue weighted by Gasteiger charge is -2.08. The second kappa shape index (κ2) is 7.81. The Morgan fingerprint density at radius 2 is 2.04 bits per heavy atom. The summed E-state index contributed by atoms with van der Waals surface area (Å²) in [5.41, 5.74) is 1.43. The van der Waals surface area contributed by atoms with Gasteiger partial charge in [0.05, 0.1) is 15.7 Å². The highest BCUT2D eigenvalue weighted by atomic mass is 35.5. The minimum atomic E-state index is -0.509. The Morgan fingerprint density at radius 3 is 2.70 bits per heavy atom. The van der Waals surface area contributed by atoms with Crippen LogP contribution in [-0.2, 0) is 16.0 Å². The Labute approximate surface area is 148 Å². The van der Waals surface area contributed by atoms with Crippen molar-refractivity contribution < 1.29 is 14.3 Å². The van der Waals surface area contributed by atoms with Crippen LogP contribution in [0.2, 0.25) is 10.0 Å². The van der Waals surface area contributed by atoms with E-state index in [-0.39, 0.29) is 11.6 Å². The SMILES string of the molecule is CCc1sc(C(=O)OCC(=O)Nc2cccc(Cl)c2Cl)cc1C. The summed E-state index contributed by atoms with van der Waals surface area (Å²) in [6.45, 7) is 3.58. The number of nitrogens with one attached hydrogen (secondary N) is 1. The van der Waals surface area contributed by atoms with Crippen LogP contribution in [0.1, 0.15) is 27.0 Å². The van der Waals surface area contributed by atoms with Gasteiger partial charge >= 0.3 is 5.97 Å². The lowest BCUT2D eigenvalue weighted by molar-refractivity contribution is -0.119. The summed E-state index contributed by atoms with van der Waals surface area (Å²) in [7, 11) is 0. The Bertz CT molecular complexity index is 743. The van der Waals surface area contributed by atoms with Crippen LogP contribution in [-0.4, -0.2) is 18.5 Å². The van der Waals surface area contributed by atoms with Gasteiger partial charge in [-0.25, -0.2) is 4.79 Å². The van der Waals surface area contributed by atoms with E-state index in [9.17, 15) is 9.59 Å². The Hall–Kier alpha value is -1.56. The summed E-state index contributed by atoms with van der Waals surface area (Å²) < 4.78 is 5.03. The molecule has 7 heteroatoms. The second-order valence-electron chi connectivity index (χ2n) is 4.80. The molecule has 122 valence electrons. The molecule has 1 aromatic heterocycles. The number of rotatable bonds is 5. The summed E-state index contributed by atoms with van der Waals surface area (Å²) in [6.07, 6.45) is 0.859. The van der Waals surface area contributed by atoms with Crippen LogP contribution in [0, 0.1) is 6.92 Å². The molecule has 0 aliphatic heterocycles. The Kier molecular flexibility index (Phi) is 6.04. The van der Waals surface area contributed by atoms with Gasteiger partial charge in [0.1, 0.15) is 4.88 Å². The van der Waals surface area contributed by atoms with Gasteiger partial charge in [0.25, 0.3) is 5.91 Å². The number of esters is 1. The molecule has 0 fully saturated rings. The molecule has 0 atom stereocenters. The highest BCUT2D eigenvalue weighted by molar-refractivity contribution is 7.14. The second-order valence-corrected chi connectivity index (χ2v) is 6.72. The molecule has 1 aromatic carbocycles. The van der Waals surface area contributed by atoms with Gasteiger partial charge in [0.15, 0.2) is 6.61 Å². The van der Waals surface area contributed by atoms with Crippen LogP contribution in [0.5, 0.6) is 0 Å². The molecule has 1 amide bonds. The number of carbonyl (C=O) groups excluding carboxylic acids is 2. The fraction of sp³-hybridized carbons (Fsp3) is 0.250. The van der Waals surface area contributed by atoms with E-state index in [0.29, 0.717) is 15.6 Å². The topological polar surface area (TPSA) is 55.4 Å². The van der Waals surface area contributed by atoms with Gasteiger partial charge in [-0.2, -0.15) is 0 Å². The summed E-state index contributed by atoms with van der Waals surface area (Å²) in [5.74, 6) is -0.989. The molecule has 0 unspecified atom stereocenters. The van der Waals surface area contributed by atoms with Gasteiger partial charge in [-0.3, -0.25) is 4.79 Å². The number of aryl methyl sites for hydroxylation is 2. The Balaban J connectivity index is 1.93. The molecule has 0 saturated heterocycles. The molecule has 0 saturated carbocycles. The lowest BCUT2D eigenvalue weighted by atomic mass is 10.2. The number of benzene rings is 1. The first-order chi connectivity index (χ1) is 10.9. The normalized spacial score (nSPS) is 10.4. The summed E-state index contributed by atoms with van der Waals surface area (Å²) in [4.78, 5) is 25.4. The van der Waals surface area contributed by atoms with Gasteiger partial charge in [-0.15, -0.1) is 11.3 Å². The first-order valence-corrected chi connectivity index (χ1v) is 8.50. The number of thiophene rings is 1. The Morgan fingerprint density at radius 1 is 1.30 bits per heavy atom. The van der Waals surface area contributed by atoms with Crippen molar-refractivity contribution in [2.75, 3.05) is 11.9 Å². The third kappa shape index (κ3) is 4.47. The first-order valence-electron chi connectivity index (χ1n) is 6.92. The van der Waals surface area contributed by atoms with Crippen LogP contribution in [0.25, 0.3) is 0 Å². The number of halogens is 2. The van der Waals surface area contributed by atoms with Gasteiger partial charge in [-0.05, 0) is 37.1 Å². The molecule has 2 rings (SSSR count). The lowest BCUT2D eigenvalue weighted by Crippen LogP contribution is -2.20. The van der Waals surface area contributed by atoms with Gasteiger partial charge in [-0.1, -0.05) is 36.2 Å². The number of carbonyl (C=O) groups is 2. The monoisotopic (exact) mass is 371 g/mol. The van der Waals surface area contributed by atoms with E-state index >= 15 is 0 Å². The van der Waals surface area contributed by atoms with Gasteiger partial charge < -0.3 is 10.1 Å². The van der Waals surface area contributed by atoms with Crippen molar-refractivity contribution in [1.82, 2.24) is 0 Å². The molecule has 0 aliphatic rings. The maximum absolute atomic E-state index is 12.0. The molecular weight excluding hydrogens is 357 g/mol. The molecule has 1 heterocycles. The van der Waals surface area contributed by atoms with Crippen LogP contribution in [0.4, 0.5) is 5.69 Å². The molecular formula is C16H15Cl2NO3S. The van der Waals surface area contributed by atoms with Crippen molar-refractivity contribution in [2.45, 2.75) is 20.3 Å². The maximum atomic E-state index is 12.0. The summed E-state index contributed by atoms with van der Waals surface area (Å²) >= 11 is 13.2. The zero-order chi connectivity index (χ0) is 17.0. The average molecular weight is 372 g/mol. The molecule has 0 radical (unpaired) electrons. The molecule has 0 aliphatic carbocycles. The molecule has 4 nitrogen and oxygen atoms in total. The minimum Gasteiger partial charge on any atom is -0.451 e. The number of hydrogen-bond donors (Lipinski definition) is 1. The standard InChI is InChI=1S/C16H15Cl2NO3S/c1-3-12-9(2)7-13(23-12)16(21)22-8-14(20)19-11-6-4-5-10(17)15(11)18/h4-7H,3,8H2,1-2H3,(H,19,20). The van der Waals surface area contributed by atoms with E-state index in [0.717, 1.165) is 16.9 Å². The smallest absolute Gasteiger partial charge is 0.348 e. The fourth-order valence-corrected chi connectivity index (χ4v) is 3.32. The summed E-state index contributed by atoms with van der Waals surface area (Å²) in [5, 5.41) is 3.14. The molecule has 2 aromatic rings. The molecule has 0 spiro atoms. The third-order valence-electron chi connectivity index (χ3n) is 3.10. The number of amides is 1. The molecule has 1 N–H and O–H groups in total. The van der Waals surface area contributed by atoms with Crippen LogP contribution >= 0.6 is 34.5 Å². The van der Waals surface area contributed by atoms with Crippen LogP contribution < -0.4 is 5.32 Å². The molecule has 0 bridgehead atoms. The van der Waals surface area contributed by atoms with E-state index in [1.165, 1.54) is 11.3 Å². The predicted octanol–water partition coefficient (Wildman–Crippen LogP) is 4.72. The van der Waals surface area contributed by atoms with E-state index in [1.54, 1.807) is 24.3 Å². The van der Waals surface area contributed by atoms with Crippen molar-refractivity contribution in [1.29, 1.82) is 0 Å². The number of ether oxygens (including phenoxy) is 1. The van der Waals surface area contributed by atoms with Crippen molar-refractivity contribution in [3.05, 3.63) is 49.6 Å². The van der Waals surface area contributed by atoms with E-state index in [1.807, 2.05) is 13.8 Å². The van der Waals surface area contributed by atoms with Crippen molar-refractivity contribution in [3.63, 3.8) is 0 Å².